The molecule has 0 spiro atoms. The van der Waals surface area contributed by atoms with E-state index < -0.39 is 0 Å². The fourth-order valence-electron chi connectivity index (χ4n) is 2.80. The van der Waals surface area contributed by atoms with Crippen molar-refractivity contribution in [1.29, 1.82) is 0 Å². The van der Waals surface area contributed by atoms with Crippen LogP contribution in [0.5, 0.6) is 0 Å². The first-order valence-electron chi connectivity index (χ1n) is 8.12. The summed E-state index contributed by atoms with van der Waals surface area (Å²) < 4.78 is 7.34. The van der Waals surface area contributed by atoms with Gasteiger partial charge in [-0.15, -0.1) is 0 Å². The van der Waals surface area contributed by atoms with E-state index in [0.717, 1.165) is 17.4 Å². The van der Waals surface area contributed by atoms with E-state index in [0.29, 0.717) is 28.3 Å². The van der Waals surface area contributed by atoms with Gasteiger partial charge in [-0.1, -0.05) is 13.8 Å². The number of ether oxygens (including phenoxy) is 1. The average molecular weight is 326 g/mol. The SMILES string of the molecule is CC(C)Cn1cnc2c(N)nc3cc(C(=O)OC(C)C)ccc3c21. The number of fused-ring (bicyclic) bond motifs is 3. The van der Waals surface area contributed by atoms with Crippen LogP contribution >= 0.6 is 0 Å². The number of esters is 1. The zero-order valence-electron chi connectivity index (χ0n) is 14.4. The van der Waals surface area contributed by atoms with Gasteiger partial charge in [0.25, 0.3) is 0 Å². The van der Waals surface area contributed by atoms with Crippen LogP contribution in [0.1, 0.15) is 38.1 Å². The molecule has 0 bridgehead atoms. The first kappa shape index (κ1) is 16.2. The lowest BCUT2D eigenvalue weighted by atomic mass is 10.1. The molecule has 0 atom stereocenters. The van der Waals surface area contributed by atoms with Gasteiger partial charge in [0.15, 0.2) is 5.82 Å². The molecule has 0 saturated heterocycles. The Kier molecular flexibility index (Phi) is 4.13. The fourth-order valence-corrected chi connectivity index (χ4v) is 2.80. The van der Waals surface area contributed by atoms with E-state index >= 15 is 0 Å². The Morgan fingerprint density at radius 3 is 2.71 bits per heavy atom. The van der Waals surface area contributed by atoms with Crippen molar-refractivity contribution >= 4 is 33.7 Å². The van der Waals surface area contributed by atoms with Gasteiger partial charge in [-0.05, 0) is 38.0 Å². The zero-order valence-corrected chi connectivity index (χ0v) is 14.4. The van der Waals surface area contributed by atoms with Crippen molar-refractivity contribution in [2.75, 3.05) is 5.73 Å². The molecule has 0 fully saturated rings. The second-order valence-corrected chi connectivity index (χ2v) is 6.67. The van der Waals surface area contributed by atoms with E-state index in [4.69, 9.17) is 10.5 Å². The van der Waals surface area contributed by atoms with Crippen molar-refractivity contribution in [1.82, 2.24) is 14.5 Å². The molecule has 3 aromatic rings. The Labute approximate surface area is 140 Å². The van der Waals surface area contributed by atoms with Crippen molar-refractivity contribution in [3.63, 3.8) is 0 Å². The van der Waals surface area contributed by atoms with E-state index in [2.05, 4.69) is 28.4 Å². The first-order valence-corrected chi connectivity index (χ1v) is 8.12. The average Bonchev–Trinajstić information content (AvgIpc) is 2.90. The number of benzene rings is 1. The largest absolute Gasteiger partial charge is 0.459 e. The van der Waals surface area contributed by atoms with Gasteiger partial charge in [0.2, 0.25) is 0 Å². The summed E-state index contributed by atoms with van der Waals surface area (Å²) in [6, 6.07) is 5.37. The van der Waals surface area contributed by atoms with Crippen molar-refractivity contribution in [2.45, 2.75) is 40.3 Å². The number of nitrogen functional groups attached to an aromatic ring is 1. The molecule has 24 heavy (non-hydrogen) atoms. The Balaban J connectivity index is 2.17. The molecule has 126 valence electrons. The number of carbonyl (C=O) groups excluding carboxylic acids is 1. The summed E-state index contributed by atoms with van der Waals surface area (Å²) in [5.74, 6) is 0.490. The van der Waals surface area contributed by atoms with Crippen LogP contribution < -0.4 is 5.73 Å². The predicted molar refractivity (Wildman–Crippen MR) is 94.8 cm³/mol. The van der Waals surface area contributed by atoms with Crippen LogP contribution in [0.15, 0.2) is 24.5 Å². The van der Waals surface area contributed by atoms with E-state index in [9.17, 15) is 4.79 Å². The maximum atomic E-state index is 12.1. The van der Waals surface area contributed by atoms with Crippen LogP contribution in [0.2, 0.25) is 0 Å². The number of anilines is 1. The summed E-state index contributed by atoms with van der Waals surface area (Å²) >= 11 is 0. The summed E-state index contributed by atoms with van der Waals surface area (Å²) in [6.07, 6.45) is 1.63. The summed E-state index contributed by atoms with van der Waals surface area (Å²) in [7, 11) is 0. The lowest BCUT2D eigenvalue weighted by Gasteiger charge is -2.11. The minimum absolute atomic E-state index is 0.166. The van der Waals surface area contributed by atoms with Crippen LogP contribution in [0.4, 0.5) is 5.82 Å². The number of nitrogens with two attached hydrogens (primary N) is 1. The van der Waals surface area contributed by atoms with Crippen molar-refractivity contribution < 1.29 is 9.53 Å². The van der Waals surface area contributed by atoms with Crippen molar-refractivity contribution in [3.8, 4) is 0 Å². The third kappa shape index (κ3) is 2.91. The molecule has 6 heteroatoms. The van der Waals surface area contributed by atoms with Gasteiger partial charge in [0.1, 0.15) is 5.52 Å². The summed E-state index contributed by atoms with van der Waals surface area (Å²) in [4.78, 5) is 20.9. The Hall–Kier alpha value is -2.63. The Morgan fingerprint density at radius 1 is 1.29 bits per heavy atom. The van der Waals surface area contributed by atoms with Gasteiger partial charge >= 0.3 is 5.97 Å². The topological polar surface area (TPSA) is 83.0 Å². The van der Waals surface area contributed by atoms with Gasteiger partial charge in [0, 0.05) is 11.9 Å². The molecule has 0 saturated carbocycles. The number of rotatable bonds is 4. The van der Waals surface area contributed by atoms with E-state index in [1.807, 2.05) is 19.9 Å². The van der Waals surface area contributed by atoms with Crippen LogP contribution in [-0.4, -0.2) is 26.6 Å². The van der Waals surface area contributed by atoms with Crippen LogP contribution in [-0.2, 0) is 11.3 Å². The normalized spacial score (nSPS) is 11.8. The molecule has 0 unspecified atom stereocenters. The highest BCUT2D eigenvalue weighted by Gasteiger charge is 2.16. The maximum absolute atomic E-state index is 12.1. The van der Waals surface area contributed by atoms with Gasteiger partial charge in [-0.25, -0.2) is 14.8 Å². The molecular formula is C18H22N4O2. The Morgan fingerprint density at radius 2 is 2.04 bits per heavy atom. The highest BCUT2D eigenvalue weighted by molar-refractivity contribution is 6.08. The lowest BCUT2D eigenvalue weighted by molar-refractivity contribution is 0.0378. The molecule has 6 nitrogen and oxygen atoms in total. The predicted octanol–water partition coefficient (Wildman–Crippen LogP) is 3.39. The van der Waals surface area contributed by atoms with Gasteiger partial charge in [-0.3, -0.25) is 0 Å². The van der Waals surface area contributed by atoms with Crippen molar-refractivity contribution in [3.05, 3.63) is 30.1 Å². The monoisotopic (exact) mass is 326 g/mol. The van der Waals surface area contributed by atoms with Crippen molar-refractivity contribution in [2.24, 2.45) is 5.92 Å². The third-order valence-electron chi connectivity index (χ3n) is 3.71. The number of hydrogen-bond donors (Lipinski definition) is 1. The van der Waals surface area contributed by atoms with E-state index in [-0.39, 0.29) is 12.1 Å². The molecule has 0 aliphatic heterocycles. The molecule has 2 N–H and O–H groups in total. The number of carbonyl (C=O) groups is 1. The number of hydrogen-bond acceptors (Lipinski definition) is 5. The molecular weight excluding hydrogens is 304 g/mol. The second-order valence-electron chi connectivity index (χ2n) is 6.67. The Bertz CT molecular complexity index is 912. The highest BCUT2D eigenvalue weighted by atomic mass is 16.5. The fraction of sp³-hybridized carbons (Fsp3) is 0.389. The summed E-state index contributed by atoms with van der Waals surface area (Å²) in [6.45, 7) is 8.79. The smallest absolute Gasteiger partial charge is 0.338 e. The molecule has 2 heterocycles. The number of imidazole rings is 1. The quantitative estimate of drug-likeness (QED) is 0.743. The molecule has 3 rings (SSSR count). The van der Waals surface area contributed by atoms with Gasteiger partial charge in [-0.2, -0.15) is 0 Å². The zero-order chi connectivity index (χ0) is 17.4. The molecule has 1 aromatic carbocycles. The molecule has 0 radical (unpaired) electrons. The van der Waals surface area contributed by atoms with Crippen LogP contribution in [0, 0.1) is 5.92 Å². The first-order chi connectivity index (χ1) is 11.4. The van der Waals surface area contributed by atoms with Gasteiger partial charge in [0.05, 0.1) is 29.0 Å². The number of nitrogens with zero attached hydrogens (tertiary/aromatic N) is 3. The molecule has 2 aromatic heterocycles. The third-order valence-corrected chi connectivity index (χ3v) is 3.71. The number of aromatic nitrogens is 3. The lowest BCUT2D eigenvalue weighted by Crippen LogP contribution is -2.11. The summed E-state index contributed by atoms with van der Waals surface area (Å²) in [5, 5.41) is 0.929. The van der Waals surface area contributed by atoms with Crippen LogP contribution in [0.25, 0.3) is 21.9 Å². The highest BCUT2D eigenvalue weighted by Crippen LogP contribution is 2.28. The summed E-state index contributed by atoms with van der Waals surface area (Å²) in [5.41, 5.74) is 8.86. The standard InChI is InChI=1S/C18H22N4O2/c1-10(2)8-22-9-20-15-16(22)13-6-5-12(18(23)24-11(3)4)7-14(13)21-17(15)19/h5-7,9-11H,8H2,1-4H3,(H2,19,21). The van der Waals surface area contributed by atoms with E-state index in [1.165, 1.54) is 0 Å². The number of pyridine rings is 1. The van der Waals surface area contributed by atoms with Crippen LogP contribution in [0.3, 0.4) is 0 Å². The molecule has 0 aliphatic carbocycles. The minimum atomic E-state index is -0.358. The maximum Gasteiger partial charge on any atom is 0.338 e. The minimum Gasteiger partial charge on any atom is -0.459 e. The second kappa shape index (κ2) is 6.11. The molecule has 0 aliphatic rings. The van der Waals surface area contributed by atoms with E-state index in [1.54, 1.807) is 18.5 Å². The van der Waals surface area contributed by atoms with Gasteiger partial charge < -0.3 is 15.0 Å². The molecule has 0 amide bonds.